The number of rotatable bonds is 4. The van der Waals surface area contributed by atoms with E-state index in [1.807, 2.05) is 30.5 Å². The Morgan fingerprint density at radius 3 is 3.16 bits per heavy atom. The average molecular weight is 280 g/mol. The van der Waals surface area contributed by atoms with Gasteiger partial charge in [-0.1, -0.05) is 12.1 Å². The normalized spacial score (nSPS) is 23.1. The van der Waals surface area contributed by atoms with Crippen LogP contribution in [-0.4, -0.2) is 42.5 Å². The molecule has 19 heavy (non-hydrogen) atoms. The molecule has 1 fully saturated rings. The SMILES string of the molecule is CSc1cccc(CC(=O)NC2CCNCC2O)c1. The zero-order valence-corrected chi connectivity index (χ0v) is 11.9. The van der Waals surface area contributed by atoms with Crippen molar-refractivity contribution in [1.82, 2.24) is 10.6 Å². The van der Waals surface area contributed by atoms with Gasteiger partial charge in [0.15, 0.2) is 0 Å². The van der Waals surface area contributed by atoms with E-state index in [1.165, 1.54) is 0 Å². The van der Waals surface area contributed by atoms with Crippen LogP contribution in [0.3, 0.4) is 0 Å². The minimum absolute atomic E-state index is 0.0239. The van der Waals surface area contributed by atoms with Crippen LogP contribution in [-0.2, 0) is 11.2 Å². The third-order valence-electron chi connectivity index (χ3n) is 3.30. The molecular weight excluding hydrogens is 260 g/mol. The van der Waals surface area contributed by atoms with Gasteiger partial charge in [0, 0.05) is 11.4 Å². The standard InChI is InChI=1S/C14H20N2O2S/c1-19-11-4-2-3-10(7-11)8-14(18)16-12-5-6-15-9-13(12)17/h2-4,7,12-13,15,17H,5-6,8-9H2,1H3,(H,16,18). The van der Waals surface area contributed by atoms with E-state index in [2.05, 4.69) is 10.6 Å². The second-order valence-corrected chi connectivity index (χ2v) is 5.64. The Balaban J connectivity index is 1.89. The van der Waals surface area contributed by atoms with Gasteiger partial charge in [0.2, 0.25) is 5.91 Å². The van der Waals surface area contributed by atoms with Gasteiger partial charge >= 0.3 is 0 Å². The Kier molecular flexibility index (Phi) is 5.24. The number of hydrogen-bond donors (Lipinski definition) is 3. The summed E-state index contributed by atoms with van der Waals surface area (Å²) >= 11 is 1.67. The lowest BCUT2D eigenvalue weighted by Crippen LogP contribution is -2.52. The van der Waals surface area contributed by atoms with Crippen LogP contribution in [0.2, 0.25) is 0 Å². The van der Waals surface area contributed by atoms with Crippen LogP contribution in [0.4, 0.5) is 0 Å². The predicted octanol–water partition coefficient (Wildman–Crippen LogP) is 0.790. The molecule has 0 bridgehead atoms. The summed E-state index contributed by atoms with van der Waals surface area (Å²) in [5.41, 5.74) is 1.01. The lowest BCUT2D eigenvalue weighted by atomic mass is 10.0. The molecule has 1 aromatic rings. The number of aliphatic hydroxyl groups excluding tert-OH is 1. The second kappa shape index (κ2) is 6.93. The van der Waals surface area contributed by atoms with Crippen LogP contribution in [0.5, 0.6) is 0 Å². The van der Waals surface area contributed by atoms with Gasteiger partial charge in [-0.05, 0) is 36.9 Å². The Morgan fingerprint density at radius 1 is 1.58 bits per heavy atom. The Morgan fingerprint density at radius 2 is 2.42 bits per heavy atom. The van der Waals surface area contributed by atoms with Crippen molar-refractivity contribution in [3.05, 3.63) is 29.8 Å². The van der Waals surface area contributed by atoms with Gasteiger partial charge in [-0.25, -0.2) is 0 Å². The molecule has 1 saturated heterocycles. The van der Waals surface area contributed by atoms with Crippen molar-refractivity contribution in [3.8, 4) is 0 Å². The maximum atomic E-state index is 12.0. The zero-order chi connectivity index (χ0) is 13.7. The number of carbonyl (C=O) groups excluding carboxylic acids is 1. The molecule has 0 aromatic heterocycles. The molecule has 1 aromatic carbocycles. The third kappa shape index (κ3) is 4.23. The monoisotopic (exact) mass is 280 g/mol. The summed E-state index contributed by atoms with van der Waals surface area (Å²) in [5, 5.41) is 15.8. The Labute approximate surface area is 118 Å². The molecule has 1 aliphatic heterocycles. The molecule has 0 radical (unpaired) electrons. The Bertz CT molecular complexity index is 439. The van der Waals surface area contributed by atoms with Crippen LogP contribution >= 0.6 is 11.8 Å². The third-order valence-corrected chi connectivity index (χ3v) is 4.02. The molecule has 104 valence electrons. The van der Waals surface area contributed by atoms with Gasteiger partial charge in [-0.2, -0.15) is 0 Å². The number of thioether (sulfide) groups is 1. The number of benzene rings is 1. The number of aliphatic hydroxyl groups is 1. The molecule has 2 atom stereocenters. The molecular formula is C14H20N2O2S. The van der Waals surface area contributed by atoms with Crippen molar-refractivity contribution < 1.29 is 9.90 Å². The van der Waals surface area contributed by atoms with E-state index in [4.69, 9.17) is 0 Å². The zero-order valence-electron chi connectivity index (χ0n) is 11.1. The maximum Gasteiger partial charge on any atom is 0.224 e. The van der Waals surface area contributed by atoms with E-state index in [0.717, 1.165) is 23.4 Å². The molecule has 1 heterocycles. The quantitative estimate of drug-likeness (QED) is 0.714. The summed E-state index contributed by atoms with van der Waals surface area (Å²) in [5.74, 6) is -0.0239. The van der Waals surface area contributed by atoms with Crippen molar-refractivity contribution in [1.29, 1.82) is 0 Å². The fraction of sp³-hybridized carbons (Fsp3) is 0.500. The van der Waals surface area contributed by atoms with E-state index in [-0.39, 0.29) is 11.9 Å². The van der Waals surface area contributed by atoms with E-state index >= 15 is 0 Å². The van der Waals surface area contributed by atoms with Crippen LogP contribution in [0.25, 0.3) is 0 Å². The van der Waals surface area contributed by atoms with Crippen LogP contribution in [0.1, 0.15) is 12.0 Å². The molecule has 0 saturated carbocycles. The highest BCUT2D eigenvalue weighted by molar-refractivity contribution is 7.98. The maximum absolute atomic E-state index is 12.0. The van der Waals surface area contributed by atoms with Gasteiger partial charge in [0.25, 0.3) is 0 Å². The molecule has 1 amide bonds. The molecule has 0 spiro atoms. The number of nitrogens with one attached hydrogen (secondary N) is 2. The van der Waals surface area contributed by atoms with E-state index < -0.39 is 6.10 Å². The number of hydrogen-bond acceptors (Lipinski definition) is 4. The van der Waals surface area contributed by atoms with Crippen molar-refractivity contribution in [2.75, 3.05) is 19.3 Å². The first-order valence-electron chi connectivity index (χ1n) is 6.50. The summed E-state index contributed by atoms with van der Waals surface area (Å²) < 4.78 is 0. The highest BCUT2D eigenvalue weighted by Gasteiger charge is 2.24. The van der Waals surface area contributed by atoms with E-state index in [0.29, 0.717) is 13.0 Å². The second-order valence-electron chi connectivity index (χ2n) is 4.76. The van der Waals surface area contributed by atoms with Crippen molar-refractivity contribution in [3.63, 3.8) is 0 Å². The van der Waals surface area contributed by atoms with Gasteiger partial charge in [-0.3, -0.25) is 4.79 Å². The van der Waals surface area contributed by atoms with Crippen molar-refractivity contribution in [2.24, 2.45) is 0 Å². The first kappa shape index (κ1) is 14.4. The molecule has 4 nitrogen and oxygen atoms in total. The summed E-state index contributed by atoms with van der Waals surface area (Å²) in [6.45, 7) is 1.39. The van der Waals surface area contributed by atoms with E-state index in [9.17, 15) is 9.90 Å². The Hall–Kier alpha value is -1.04. The molecule has 0 aliphatic carbocycles. The molecule has 2 unspecified atom stereocenters. The number of β-amino-alcohol motifs (C(OH)–C–C–N with tert-alkyl or cyclic N) is 1. The largest absolute Gasteiger partial charge is 0.390 e. The van der Waals surface area contributed by atoms with Crippen LogP contribution in [0, 0.1) is 0 Å². The minimum atomic E-state index is -0.491. The fourth-order valence-corrected chi connectivity index (χ4v) is 2.72. The minimum Gasteiger partial charge on any atom is -0.390 e. The van der Waals surface area contributed by atoms with Crippen molar-refractivity contribution >= 4 is 17.7 Å². The van der Waals surface area contributed by atoms with Gasteiger partial charge < -0.3 is 15.7 Å². The van der Waals surface area contributed by atoms with Gasteiger partial charge in [0.05, 0.1) is 18.6 Å². The lowest BCUT2D eigenvalue weighted by molar-refractivity contribution is -0.122. The first-order valence-corrected chi connectivity index (χ1v) is 7.72. The predicted molar refractivity (Wildman–Crippen MR) is 77.4 cm³/mol. The highest BCUT2D eigenvalue weighted by Crippen LogP contribution is 2.16. The number of amides is 1. The average Bonchev–Trinajstić information content (AvgIpc) is 2.41. The molecule has 2 rings (SSSR count). The van der Waals surface area contributed by atoms with Crippen LogP contribution < -0.4 is 10.6 Å². The topological polar surface area (TPSA) is 61.4 Å². The summed E-state index contributed by atoms with van der Waals surface area (Å²) in [6.07, 6.45) is 2.67. The summed E-state index contributed by atoms with van der Waals surface area (Å²) in [4.78, 5) is 13.1. The molecule has 5 heteroatoms. The van der Waals surface area contributed by atoms with E-state index in [1.54, 1.807) is 11.8 Å². The lowest BCUT2D eigenvalue weighted by Gasteiger charge is -2.29. The fourth-order valence-electron chi connectivity index (χ4n) is 2.24. The van der Waals surface area contributed by atoms with Crippen molar-refractivity contribution in [2.45, 2.75) is 29.9 Å². The van der Waals surface area contributed by atoms with Gasteiger partial charge in [-0.15, -0.1) is 11.8 Å². The molecule has 3 N–H and O–H groups in total. The smallest absolute Gasteiger partial charge is 0.224 e. The number of carbonyl (C=O) groups is 1. The number of piperidine rings is 1. The molecule has 1 aliphatic rings. The van der Waals surface area contributed by atoms with Gasteiger partial charge in [0.1, 0.15) is 0 Å². The first-order chi connectivity index (χ1) is 9.19. The summed E-state index contributed by atoms with van der Waals surface area (Å²) in [6, 6.07) is 7.86. The summed E-state index contributed by atoms with van der Waals surface area (Å²) in [7, 11) is 0. The highest BCUT2D eigenvalue weighted by atomic mass is 32.2. The van der Waals surface area contributed by atoms with Crippen LogP contribution in [0.15, 0.2) is 29.2 Å².